The van der Waals surface area contributed by atoms with Gasteiger partial charge in [0.05, 0.1) is 0 Å². The maximum Gasteiger partial charge on any atom is 0.186 e. The highest BCUT2D eigenvalue weighted by Gasteiger charge is 1.89. The fraction of sp³-hybridized carbons (Fsp3) is 0.214. The Bertz CT molecular complexity index is 390. The Morgan fingerprint density at radius 1 is 1.25 bits per heavy atom. The predicted octanol–water partition coefficient (Wildman–Crippen LogP) is 3.93. The first-order valence-electron chi connectivity index (χ1n) is 5.22. The van der Waals surface area contributed by atoms with E-state index in [4.69, 9.17) is 0 Å². The summed E-state index contributed by atoms with van der Waals surface area (Å²) in [6, 6.07) is 10.2. The molecule has 16 heavy (non-hydrogen) atoms. The van der Waals surface area contributed by atoms with E-state index in [0.29, 0.717) is 0 Å². The van der Waals surface area contributed by atoms with E-state index in [9.17, 15) is 4.79 Å². The van der Waals surface area contributed by atoms with Gasteiger partial charge in [0.2, 0.25) is 0 Å². The smallest absolute Gasteiger partial charge is 0.186 e. The van der Waals surface area contributed by atoms with Crippen molar-refractivity contribution in [3.63, 3.8) is 0 Å². The summed E-state index contributed by atoms with van der Waals surface area (Å²) in [5.74, 6) is 0.745. The molecule has 0 aromatic heterocycles. The second-order valence-corrected chi connectivity index (χ2v) is 4.70. The molecular weight excluding hydrogens is 216 g/mol. The molecule has 1 rings (SSSR count). The molecule has 2 heteroatoms. The van der Waals surface area contributed by atoms with Crippen LogP contribution in [0, 0.1) is 0 Å². The lowest BCUT2D eigenvalue weighted by Crippen LogP contribution is -1.81. The van der Waals surface area contributed by atoms with E-state index in [1.54, 1.807) is 6.92 Å². The van der Waals surface area contributed by atoms with Crippen LogP contribution in [-0.4, -0.2) is 10.9 Å². The Hall–Kier alpha value is -1.28. The molecule has 0 saturated carbocycles. The Morgan fingerprint density at radius 3 is 2.56 bits per heavy atom. The second kappa shape index (κ2) is 7.07. The van der Waals surface area contributed by atoms with Gasteiger partial charge in [0.15, 0.2) is 5.12 Å². The molecule has 1 aromatic carbocycles. The summed E-state index contributed by atoms with van der Waals surface area (Å²) in [7, 11) is 0. The number of benzene rings is 1. The minimum atomic E-state index is 0.161. The first-order chi connectivity index (χ1) is 7.68. The highest BCUT2D eigenvalue weighted by atomic mass is 32.2. The molecular formula is C14H16OS. The molecule has 0 amide bonds. The normalized spacial score (nSPS) is 12.0. The van der Waals surface area contributed by atoms with Crippen molar-refractivity contribution in [2.24, 2.45) is 0 Å². The molecule has 1 aromatic rings. The van der Waals surface area contributed by atoms with Crippen LogP contribution in [0.25, 0.3) is 6.08 Å². The molecule has 0 spiro atoms. The first kappa shape index (κ1) is 12.8. The molecule has 0 aliphatic rings. The van der Waals surface area contributed by atoms with Gasteiger partial charge in [-0.15, -0.1) is 0 Å². The average molecular weight is 232 g/mol. The van der Waals surface area contributed by atoms with Gasteiger partial charge in [0.1, 0.15) is 0 Å². The summed E-state index contributed by atoms with van der Waals surface area (Å²) in [5, 5.41) is 0.161. The molecule has 0 aliphatic heterocycles. The number of allylic oxidation sites excluding steroid dienone is 2. The number of hydrogen-bond donors (Lipinski definition) is 0. The number of rotatable bonds is 4. The molecule has 0 heterocycles. The third-order valence-corrected chi connectivity index (χ3v) is 2.72. The van der Waals surface area contributed by atoms with E-state index in [2.05, 4.69) is 25.1 Å². The van der Waals surface area contributed by atoms with E-state index in [1.165, 1.54) is 22.9 Å². The minimum Gasteiger partial charge on any atom is -0.288 e. The van der Waals surface area contributed by atoms with Crippen LogP contribution in [0.3, 0.4) is 0 Å². The topological polar surface area (TPSA) is 17.1 Å². The van der Waals surface area contributed by atoms with E-state index < -0.39 is 0 Å². The van der Waals surface area contributed by atoms with Gasteiger partial charge in [-0.3, -0.25) is 4.79 Å². The standard InChI is InChI=1S/C14H16OS/c1-12(7-6-10-16-13(2)15)11-14-8-4-3-5-9-14/h3-9,11H,10H2,1-2H3/b7-6+,12-11+. The Morgan fingerprint density at radius 2 is 1.94 bits per heavy atom. The zero-order valence-corrected chi connectivity index (χ0v) is 10.5. The Kier molecular flexibility index (Phi) is 5.65. The number of hydrogen-bond acceptors (Lipinski definition) is 2. The van der Waals surface area contributed by atoms with Gasteiger partial charge >= 0.3 is 0 Å². The van der Waals surface area contributed by atoms with Crippen LogP contribution in [0.1, 0.15) is 19.4 Å². The molecule has 0 N–H and O–H groups in total. The molecule has 0 aliphatic carbocycles. The van der Waals surface area contributed by atoms with E-state index in [0.717, 1.165) is 5.75 Å². The third kappa shape index (κ3) is 5.56. The number of thioether (sulfide) groups is 1. The van der Waals surface area contributed by atoms with E-state index in [-0.39, 0.29) is 5.12 Å². The van der Waals surface area contributed by atoms with Gasteiger partial charge in [-0.2, -0.15) is 0 Å². The molecule has 1 nitrogen and oxygen atoms in total. The summed E-state index contributed by atoms with van der Waals surface area (Å²) in [4.78, 5) is 10.7. The van der Waals surface area contributed by atoms with Gasteiger partial charge in [-0.25, -0.2) is 0 Å². The van der Waals surface area contributed by atoms with Crippen LogP contribution >= 0.6 is 11.8 Å². The fourth-order valence-electron chi connectivity index (χ4n) is 1.26. The maximum absolute atomic E-state index is 10.7. The zero-order valence-electron chi connectivity index (χ0n) is 9.64. The van der Waals surface area contributed by atoms with Gasteiger partial charge < -0.3 is 0 Å². The van der Waals surface area contributed by atoms with Crippen LogP contribution < -0.4 is 0 Å². The Labute approximate surface area is 101 Å². The van der Waals surface area contributed by atoms with Crippen molar-refractivity contribution in [2.45, 2.75) is 13.8 Å². The average Bonchev–Trinajstić information content (AvgIpc) is 2.25. The Balaban J connectivity index is 2.49. The van der Waals surface area contributed by atoms with Crippen LogP contribution in [0.15, 0.2) is 48.1 Å². The summed E-state index contributed by atoms with van der Waals surface area (Å²) in [6.45, 7) is 3.65. The molecule has 0 unspecified atom stereocenters. The largest absolute Gasteiger partial charge is 0.288 e. The molecule has 0 fully saturated rings. The lowest BCUT2D eigenvalue weighted by atomic mass is 10.1. The number of carbonyl (C=O) groups excluding carboxylic acids is 1. The van der Waals surface area contributed by atoms with Crippen molar-refractivity contribution in [3.8, 4) is 0 Å². The monoisotopic (exact) mass is 232 g/mol. The number of carbonyl (C=O) groups is 1. The van der Waals surface area contributed by atoms with Gasteiger partial charge in [0, 0.05) is 12.7 Å². The molecule has 0 saturated heterocycles. The molecule has 84 valence electrons. The van der Waals surface area contributed by atoms with Gasteiger partial charge in [-0.1, -0.05) is 65.9 Å². The zero-order chi connectivity index (χ0) is 11.8. The van der Waals surface area contributed by atoms with Gasteiger partial charge in [-0.05, 0) is 12.5 Å². The van der Waals surface area contributed by atoms with Crippen molar-refractivity contribution in [1.29, 1.82) is 0 Å². The fourth-order valence-corrected chi connectivity index (χ4v) is 1.69. The molecule has 0 atom stereocenters. The quantitative estimate of drug-likeness (QED) is 0.732. The van der Waals surface area contributed by atoms with Crippen LogP contribution in [0.2, 0.25) is 0 Å². The van der Waals surface area contributed by atoms with Crippen molar-refractivity contribution in [1.82, 2.24) is 0 Å². The van der Waals surface area contributed by atoms with Crippen molar-refractivity contribution in [2.75, 3.05) is 5.75 Å². The second-order valence-electron chi connectivity index (χ2n) is 3.50. The molecule has 0 bridgehead atoms. The highest BCUT2D eigenvalue weighted by Crippen LogP contribution is 2.08. The minimum absolute atomic E-state index is 0.161. The summed E-state index contributed by atoms with van der Waals surface area (Å²) >= 11 is 1.33. The first-order valence-corrected chi connectivity index (χ1v) is 6.20. The third-order valence-electron chi connectivity index (χ3n) is 1.96. The highest BCUT2D eigenvalue weighted by molar-refractivity contribution is 8.13. The van der Waals surface area contributed by atoms with Crippen LogP contribution in [-0.2, 0) is 4.79 Å². The van der Waals surface area contributed by atoms with Crippen LogP contribution in [0.4, 0.5) is 0 Å². The van der Waals surface area contributed by atoms with E-state index in [1.807, 2.05) is 30.4 Å². The van der Waals surface area contributed by atoms with Crippen molar-refractivity contribution < 1.29 is 4.79 Å². The summed E-state index contributed by atoms with van der Waals surface area (Å²) in [6.07, 6.45) is 6.18. The van der Waals surface area contributed by atoms with Crippen LogP contribution in [0.5, 0.6) is 0 Å². The summed E-state index contributed by atoms with van der Waals surface area (Å²) < 4.78 is 0. The SMILES string of the molecule is CC(=O)SC/C=C/C(C)=C/c1ccccc1. The summed E-state index contributed by atoms with van der Waals surface area (Å²) in [5.41, 5.74) is 2.39. The van der Waals surface area contributed by atoms with E-state index >= 15 is 0 Å². The molecule has 0 radical (unpaired) electrons. The maximum atomic E-state index is 10.7. The van der Waals surface area contributed by atoms with Crippen molar-refractivity contribution >= 4 is 23.0 Å². The predicted molar refractivity (Wildman–Crippen MR) is 72.4 cm³/mol. The lowest BCUT2D eigenvalue weighted by molar-refractivity contribution is -0.109. The lowest BCUT2D eigenvalue weighted by Gasteiger charge is -1.94. The van der Waals surface area contributed by atoms with Crippen molar-refractivity contribution in [3.05, 3.63) is 53.6 Å². The van der Waals surface area contributed by atoms with Gasteiger partial charge in [0.25, 0.3) is 0 Å².